The van der Waals surface area contributed by atoms with Crippen LogP contribution in [0.4, 0.5) is 0 Å². The minimum atomic E-state index is -0.658. The van der Waals surface area contributed by atoms with Gasteiger partial charge in [0, 0.05) is 6.42 Å². The molecular weight excluding hydrogens is 939 g/mol. The van der Waals surface area contributed by atoms with Gasteiger partial charge in [-0.1, -0.05) is 391 Å². The highest BCUT2D eigenvalue weighted by Crippen LogP contribution is 2.20. The lowest BCUT2D eigenvalue weighted by Gasteiger charge is -2.22. The number of unbranched alkanes of at least 4 members (excludes halogenated alkanes) is 57. The van der Waals surface area contributed by atoms with Crippen LogP contribution in [0.25, 0.3) is 0 Å². The fourth-order valence-corrected chi connectivity index (χ4v) is 11.8. The summed E-state index contributed by atoms with van der Waals surface area (Å²) in [7, 11) is 0. The Morgan fingerprint density at radius 3 is 0.779 bits per heavy atom. The van der Waals surface area contributed by atoms with E-state index in [9.17, 15) is 15.0 Å². The summed E-state index contributed by atoms with van der Waals surface area (Å²) in [4.78, 5) is 12.6. The van der Waals surface area contributed by atoms with Crippen molar-refractivity contribution in [1.29, 1.82) is 0 Å². The Balaban J connectivity index is 3.35. The van der Waals surface area contributed by atoms with E-state index >= 15 is 0 Å². The molecule has 0 aliphatic rings. The van der Waals surface area contributed by atoms with Gasteiger partial charge in [-0.25, -0.2) is 0 Å². The Kier molecular flexibility index (Phi) is 68.1. The lowest BCUT2D eigenvalue weighted by molar-refractivity contribution is -0.123. The van der Waals surface area contributed by atoms with E-state index in [2.05, 4.69) is 43.5 Å². The molecule has 0 radical (unpaired) electrons. The molecule has 1 amide bonds. The molecule has 0 rings (SSSR count). The van der Waals surface area contributed by atoms with Crippen molar-refractivity contribution in [3.63, 3.8) is 0 Å². The molecule has 0 aliphatic carbocycles. The van der Waals surface area contributed by atoms with Gasteiger partial charge in [-0.05, 0) is 44.9 Å². The molecule has 2 unspecified atom stereocenters. The van der Waals surface area contributed by atoms with Gasteiger partial charge in [-0.2, -0.15) is 0 Å². The Morgan fingerprint density at radius 1 is 0.312 bits per heavy atom. The summed E-state index contributed by atoms with van der Waals surface area (Å²) in [6, 6.07) is -0.534. The van der Waals surface area contributed by atoms with Gasteiger partial charge in [0.05, 0.1) is 18.8 Å². The van der Waals surface area contributed by atoms with Gasteiger partial charge in [-0.3, -0.25) is 4.79 Å². The third kappa shape index (κ3) is 65.6. The van der Waals surface area contributed by atoms with Crippen LogP contribution in [0.5, 0.6) is 0 Å². The number of nitrogens with one attached hydrogen (secondary N) is 1. The molecule has 0 aromatic carbocycles. The molecule has 3 N–H and O–H groups in total. The minimum absolute atomic E-state index is 0.0207. The van der Waals surface area contributed by atoms with Gasteiger partial charge in [0.25, 0.3) is 0 Å². The van der Waals surface area contributed by atoms with Crippen molar-refractivity contribution in [2.75, 3.05) is 6.61 Å². The highest BCUT2D eigenvalue weighted by Gasteiger charge is 2.20. The molecule has 0 spiro atoms. The average Bonchev–Trinajstić information content (AvgIpc) is 3.43. The highest BCUT2D eigenvalue weighted by molar-refractivity contribution is 5.76. The van der Waals surface area contributed by atoms with Crippen molar-refractivity contribution in [3.8, 4) is 0 Å². The van der Waals surface area contributed by atoms with Gasteiger partial charge in [0.1, 0.15) is 0 Å². The van der Waals surface area contributed by atoms with Crippen LogP contribution in [-0.4, -0.2) is 34.9 Å². The van der Waals surface area contributed by atoms with E-state index in [0.29, 0.717) is 12.8 Å². The monoisotopic (exact) mass is 1080 g/mol. The first kappa shape index (κ1) is 75.9. The Bertz CT molecular complexity index is 1140. The lowest BCUT2D eigenvalue weighted by Crippen LogP contribution is -2.45. The summed E-state index contributed by atoms with van der Waals surface area (Å²) in [6.45, 7) is 4.40. The summed E-state index contributed by atoms with van der Waals surface area (Å²) in [6.07, 6.45) is 94.0. The van der Waals surface area contributed by atoms with Crippen molar-refractivity contribution in [1.82, 2.24) is 5.32 Å². The number of aliphatic hydroxyl groups excluding tert-OH is 2. The van der Waals surface area contributed by atoms with Gasteiger partial charge >= 0.3 is 0 Å². The topological polar surface area (TPSA) is 69.6 Å². The maximum absolute atomic E-state index is 12.6. The second-order valence-corrected chi connectivity index (χ2v) is 25.0. The molecule has 0 saturated carbocycles. The standard InChI is InChI=1S/C73H143NO3/c1-3-5-7-9-11-13-15-17-19-21-23-25-27-29-30-31-32-33-34-35-36-37-38-39-40-41-42-43-44-45-47-49-51-53-55-57-59-61-63-65-67-69-73(77)74-71(70-75)72(76)68-66-64-62-60-58-56-54-52-50-48-46-28-26-24-22-20-18-16-14-12-10-8-6-4-2/h15,17,21,23,71-72,75-76H,3-14,16,18-20,22,24-70H2,1-2H3,(H,74,77)/b17-15-,23-21-. The van der Waals surface area contributed by atoms with E-state index in [1.807, 2.05) is 0 Å². The number of hydrogen-bond donors (Lipinski definition) is 3. The maximum atomic E-state index is 12.6. The number of aliphatic hydroxyl groups is 2. The van der Waals surface area contributed by atoms with E-state index in [1.165, 1.54) is 360 Å². The summed E-state index contributed by atoms with van der Waals surface area (Å²) in [5, 5.41) is 23.5. The van der Waals surface area contributed by atoms with E-state index in [4.69, 9.17) is 0 Å². The molecule has 0 fully saturated rings. The van der Waals surface area contributed by atoms with E-state index in [-0.39, 0.29) is 12.5 Å². The summed E-state index contributed by atoms with van der Waals surface area (Å²) in [5.74, 6) is -0.0207. The van der Waals surface area contributed by atoms with Gasteiger partial charge in [0.2, 0.25) is 5.91 Å². The molecule has 458 valence electrons. The third-order valence-electron chi connectivity index (χ3n) is 17.2. The van der Waals surface area contributed by atoms with Crippen LogP contribution in [-0.2, 0) is 4.79 Å². The molecule has 4 nitrogen and oxygen atoms in total. The van der Waals surface area contributed by atoms with Crippen LogP contribution in [0, 0.1) is 0 Å². The van der Waals surface area contributed by atoms with Crippen LogP contribution in [0.15, 0.2) is 24.3 Å². The molecule has 2 atom stereocenters. The van der Waals surface area contributed by atoms with Crippen molar-refractivity contribution >= 4 is 5.91 Å². The largest absolute Gasteiger partial charge is 0.394 e. The van der Waals surface area contributed by atoms with Crippen molar-refractivity contribution in [2.45, 2.75) is 431 Å². The zero-order chi connectivity index (χ0) is 55.5. The van der Waals surface area contributed by atoms with Crippen LogP contribution in [0.1, 0.15) is 418 Å². The Hall–Kier alpha value is -1.13. The number of allylic oxidation sites excluding steroid dienone is 4. The van der Waals surface area contributed by atoms with Crippen molar-refractivity contribution < 1.29 is 15.0 Å². The number of rotatable bonds is 68. The normalized spacial score (nSPS) is 12.7. The Labute approximate surface area is 485 Å². The first-order valence-corrected chi connectivity index (χ1v) is 36.0. The van der Waals surface area contributed by atoms with Crippen molar-refractivity contribution in [2.24, 2.45) is 0 Å². The first-order valence-electron chi connectivity index (χ1n) is 36.0. The average molecular weight is 1080 g/mol. The third-order valence-corrected chi connectivity index (χ3v) is 17.2. The second kappa shape index (κ2) is 69.1. The molecule has 4 heteroatoms. The second-order valence-electron chi connectivity index (χ2n) is 25.0. The molecule has 0 aromatic rings. The fraction of sp³-hybridized carbons (Fsp3) is 0.932. The van der Waals surface area contributed by atoms with Crippen LogP contribution in [0.3, 0.4) is 0 Å². The van der Waals surface area contributed by atoms with Gasteiger partial charge < -0.3 is 15.5 Å². The molecule has 0 aromatic heterocycles. The zero-order valence-corrected chi connectivity index (χ0v) is 53.0. The minimum Gasteiger partial charge on any atom is -0.394 e. The summed E-state index contributed by atoms with van der Waals surface area (Å²) < 4.78 is 0. The number of hydrogen-bond acceptors (Lipinski definition) is 3. The molecule has 0 aliphatic heterocycles. The quantitative estimate of drug-likeness (QED) is 0.0420. The molecule has 0 saturated heterocycles. The molecule has 77 heavy (non-hydrogen) atoms. The van der Waals surface area contributed by atoms with E-state index < -0.39 is 12.1 Å². The number of carbonyl (C=O) groups is 1. The zero-order valence-electron chi connectivity index (χ0n) is 53.0. The molecular formula is C73H143NO3. The number of carbonyl (C=O) groups excluding carboxylic acids is 1. The number of amides is 1. The fourth-order valence-electron chi connectivity index (χ4n) is 11.8. The smallest absolute Gasteiger partial charge is 0.220 e. The van der Waals surface area contributed by atoms with Crippen LogP contribution in [0.2, 0.25) is 0 Å². The van der Waals surface area contributed by atoms with Crippen molar-refractivity contribution in [3.05, 3.63) is 24.3 Å². The Morgan fingerprint density at radius 2 is 0.532 bits per heavy atom. The SMILES string of the molecule is CCCCCCC/C=C\C/C=C\CCCCCCCCCCCCCCCCCCCCCCCCCCCCCCCC(=O)NC(CO)C(O)CCCCCCCCCCCCCCCCCCCCCCCCCC. The van der Waals surface area contributed by atoms with Crippen LogP contribution < -0.4 is 5.32 Å². The first-order chi connectivity index (χ1) is 38.2. The predicted octanol–water partition coefficient (Wildman–Crippen LogP) is 24.6. The summed E-state index contributed by atoms with van der Waals surface area (Å²) in [5.41, 5.74) is 0. The van der Waals surface area contributed by atoms with Crippen LogP contribution >= 0.6 is 0 Å². The lowest BCUT2D eigenvalue weighted by atomic mass is 10.0. The van der Waals surface area contributed by atoms with E-state index in [0.717, 1.165) is 32.1 Å². The van der Waals surface area contributed by atoms with Gasteiger partial charge in [-0.15, -0.1) is 0 Å². The predicted molar refractivity (Wildman–Crippen MR) is 346 cm³/mol. The van der Waals surface area contributed by atoms with E-state index in [1.54, 1.807) is 0 Å². The summed E-state index contributed by atoms with van der Waals surface area (Å²) >= 11 is 0. The highest BCUT2D eigenvalue weighted by atomic mass is 16.3. The maximum Gasteiger partial charge on any atom is 0.220 e. The molecule has 0 heterocycles. The van der Waals surface area contributed by atoms with Gasteiger partial charge in [0.15, 0.2) is 0 Å². The molecule has 0 bridgehead atoms.